The zero-order valence-corrected chi connectivity index (χ0v) is 10.4. The highest BCUT2D eigenvalue weighted by atomic mass is 127. The van der Waals surface area contributed by atoms with E-state index < -0.39 is 0 Å². The standard InChI is InChI=1S/C8H8BrIN2O/c9-3-6(13)7-4(10)1-2-5(11)8(7)12/h1-2H,3,11-12H2. The number of ketones is 1. The summed E-state index contributed by atoms with van der Waals surface area (Å²) in [5.74, 6) is -0.0470. The van der Waals surface area contributed by atoms with Gasteiger partial charge >= 0.3 is 0 Å². The van der Waals surface area contributed by atoms with Crippen molar-refractivity contribution in [3.63, 3.8) is 0 Å². The summed E-state index contributed by atoms with van der Waals surface area (Å²) < 4.78 is 0.828. The van der Waals surface area contributed by atoms with Crippen LogP contribution in [0.25, 0.3) is 0 Å². The molecule has 0 bridgehead atoms. The molecule has 0 aliphatic heterocycles. The number of rotatable bonds is 2. The first-order valence-electron chi connectivity index (χ1n) is 3.50. The third kappa shape index (κ3) is 2.14. The van der Waals surface area contributed by atoms with E-state index in [1.54, 1.807) is 12.1 Å². The van der Waals surface area contributed by atoms with Crippen LogP contribution < -0.4 is 11.5 Å². The maximum absolute atomic E-state index is 11.4. The number of Topliss-reactive ketones (excluding diaryl/α,β-unsaturated/α-hetero) is 1. The van der Waals surface area contributed by atoms with Gasteiger partial charge in [0.1, 0.15) is 0 Å². The Morgan fingerprint density at radius 3 is 2.62 bits per heavy atom. The van der Waals surface area contributed by atoms with Crippen molar-refractivity contribution >= 4 is 55.7 Å². The molecule has 70 valence electrons. The summed E-state index contributed by atoms with van der Waals surface area (Å²) >= 11 is 5.16. The molecule has 0 fully saturated rings. The van der Waals surface area contributed by atoms with E-state index in [2.05, 4.69) is 38.5 Å². The van der Waals surface area contributed by atoms with Crippen LogP contribution >= 0.6 is 38.5 Å². The Morgan fingerprint density at radius 1 is 1.46 bits per heavy atom. The third-order valence-electron chi connectivity index (χ3n) is 1.63. The van der Waals surface area contributed by atoms with Gasteiger partial charge in [0.05, 0.1) is 22.3 Å². The van der Waals surface area contributed by atoms with Crippen molar-refractivity contribution in [2.75, 3.05) is 16.8 Å². The number of carbonyl (C=O) groups excluding carboxylic acids is 1. The van der Waals surface area contributed by atoms with Crippen molar-refractivity contribution in [3.05, 3.63) is 21.3 Å². The molecular formula is C8H8BrIN2O. The highest BCUT2D eigenvalue weighted by Gasteiger charge is 2.14. The number of alkyl halides is 1. The summed E-state index contributed by atoms with van der Waals surface area (Å²) in [6, 6.07) is 3.48. The normalized spacial score (nSPS) is 10.0. The van der Waals surface area contributed by atoms with Gasteiger partial charge in [-0.2, -0.15) is 0 Å². The molecule has 0 spiro atoms. The number of anilines is 2. The van der Waals surface area contributed by atoms with Crippen LogP contribution in [-0.2, 0) is 0 Å². The van der Waals surface area contributed by atoms with Crippen molar-refractivity contribution in [3.8, 4) is 0 Å². The summed E-state index contributed by atoms with van der Waals surface area (Å²) in [5.41, 5.74) is 12.6. The average Bonchev–Trinajstić information content (AvgIpc) is 2.12. The Balaban J connectivity index is 3.33. The van der Waals surface area contributed by atoms with Gasteiger partial charge in [0.2, 0.25) is 0 Å². The number of carbonyl (C=O) groups is 1. The molecule has 0 amide bonds. The molecule has 1 aromatic rings. The van der Waals surface area contributed by atoms with Crippen molar-refractivity contribution in [1.29, 1.82) is 0 Å². The van der Waals surface area contributed by atoms with Gasteiger partial charge in [0.15, 0.2) is 5.78 Å². The van der Waals surface area contributed by atoms with Gasteiger partial charge in [-0.05, 0) is 34.7 Å². The molecule has 0 aromatic heterocycles. The fourth-order valence-electron chi connectivity index (χ4n) is 0.959. The summed E-state index contributed by atoms with van der Waals surface area (Å²) in [7, 11) is 0. The van der Waals surface area contributed by atoms with Crippen LogP contribution in [-0.4, -0.2) is 11.1 Å². The summed E-state index contributed by atoms with van der Waals surface area (Å²) in [6.07, 6.45) is 0. The molecule has 0 saturated heterocycles. The molecule has 13 heavy (non-hydrogen) atoms. The molecule has 0 unspecified atom stereocenters. The van der Waals surface area contributed by atoms with E-state index in [1.807, 2.05) is 0 Å². The van der Waals surface area contributed by atoms with Crippen molar-refractivity contribution in [1.82, 2.24) is 0 Å². The molecule has 0 aliphatic carbocycles. The molecule has 0 atom stereocenters. The predicted molar refractivity (Wildman–Crippen MR) is 66.1 cm³/mol. The maximum Gasteiger partial charge on any atom is 0.176 e. The first-order chi connectivity index (χ1) is 6.07. The van der Waals surface area contributed by atoms with Crippen LogP contribution in [0, 0.1) is 3.57 Å². The summed E-state index contributed by atoms with van der Waals surface area (Å²) in [6.45, 7) is 0. The van der Waals surface area contributed by atoms with Gasteiger partial charge in [0, 0.05) is 3.57 Å². The van der Waals surface area contributed by atoms with E-state index in [0.717, 1.165) is 3.57 Å². The highest BCUT2D eigenvalue weighted by Crippen LogP contribution is 2.25. The number of hydrogen-bond donors (Lipinski definition) is 2. The first kappa shape index (κ1) is 10.8. The molecule has 0 radical (unpaired) electrons. The van der Waals surface area contributed by atoms with Crippen LogP contribution in [0.3, 0.4) is 0 Å². The molecular weight excluding hydrogens is 347 g/mol. The number of nitrogen functional groups attached to an aromatic ring is 2. The van der Waals surface area contributed by atoms with Gasteiger partial charge < -0.3 is 11.5 Å². The van der Waals surface area contributed by atoms with Crippen LogP contribution in [0.4, 0.5) is 11.4 Å². The van der Waals surface area contributed by atoms with Gasteiger partial charge in [-0.3, -0.25) is 4.79 Å². The zero-order valence-electron chi connectivity index (χ0n) is 6.68. The summed E-state index contributed by atoms with van der Waals surface area (Å²) in [4.78, 5) is 11.4. The highest BCUT2D eigenvalue weighted by molar-refractivity contribution is 14.1. The number of benzene rings is 1. The van der Waals surface area contributed by atoms with E-state index in [9.17, 15) is 4.79 Å². The lowest BCUT2D eigenvalue weighted by Crippen LogP contribution is -2.09. The Labute approximate surface area is 98.1 Å². The number of halogens is 2. The second-order valence-electron chi connectivity index (χ2n) is 2.48. The van der Waals surface area contributed by atoms with Gasteiger partial charge in [-0.1, -0.05) is 15.9 Å². The molecule has 0 heterocycles. The van der Waals surface area contributed by atoms with Crippen molar-refractivity contribution < 1.29 is 4.79 Å². The third-order valence-corrected chi connectivity index (χ3v) is 3.04. The van der Waals surface area contributed by atoms with E-state index >= 15 is 0 Å². The molecule has 1 aromatic carbocycles. The Bertz CT molecular complexity index is 354. The molecule has 0 saturated carbocycles. The van der Waals surface area contributed by atoms with E-state index in [0.29, 0.717) is 16.9 Å². The van der Waals surface area contributed by atoms with Crippen molar-refractivity contribution in [2.24, 2.45) is 0 Å². The zero-order chi connectivity index (χ0) is 10.0. The van der Waals surface area contributed by atoms with Crippen LogP contribution in [0.1, 0.15) is 10.4 Å². The number of hydrogen-bond acceptors (Lipinski definition) is 3. The number of nitrogens with two attached hydrogens (primary N) is 2. The maximum atomic E-state index is 11.4. The van der Waals surface area contributed by atoms with Gasteiger partial charge in [-0.25, -0.2) is 0 Å². The predicted octanol–water partition coefficient (Wildman–Crippen LogP) is 2.03. The Morgan fingerprint density at radius 2 is 2.08 bits per heavy atom. The fraction of sp³-hybridized carbons (Fsp3) is 0.125. The van der Waals surface area contributed by atoms with Gasteiger partial charge in [-0.15, -0.1) is 0 Å². The second kappa shape index (κ2) is 4.28. The lowest BCUT2D eigenvalue weighted by molar-refractivity contribution is 0.102. The fourth-order valence-corrected chi connectivity index (χ4v) is 2.01. The average molecular weight is 355 g/mol. The smallest absolute Gasteiger partial charge is 0.176 e. The molecule has 3 nitrogen and oxygen atoms in total. The quantitative estimate of drug-likeness (QED) is 0.369. The van der Waals surface area contributed by atoms with Crippen LogP contribution in [0.5, 0.6) is 0 Å². The molecule has 0 aliphatic rings. The minimum Gasteiger partial charge on any atom is -0.397 e. The second-order valence-corrected chi connectivity index (χ2v) is 4.21. The Kier molecular flexibility index (Phi) is 3.55. The Hall–Kier alpha value is -0.300. The van der Waals surface area contributed by atoms with E-state index in [-0.39, 0.29) is 11.1 Å². The topological polar surface area (TPSA) is 69.1 Å². The van der Waals surface area contributed by atoms with E-state index in [1.165, 1.54) is 0 Å². The SMILES string of the molecule is Nc1ccc(I)c(C(=O)CBr)c1N. The van der Waals surface area contributed by atoms with E-state index in [4.69, 9.17) is 11.5 Å². The molecule has 4 N–H and O–H groups in total. The minimum absolute atomic E-state index is 0.0470. The largest absolute Gasteiger partial charge is 0.397 e. The monoisotopic (exact) mass is 354 g/mol. The lowest BCUT2D eigenvalue weighted by atomic mass is 10.1. The van der Waals surface area contributed by atoms with Crippen LogP contribution in [0.15, 0.2) is 12.1 Å². The summed E-state index contributed by atoms with van der Waals surface area (Å²) in [5, 5.41) is 0.261. The molecule has 1 rings (SSSR count). The minimum atomic E-state index is -0.0470. The van der Waals surface area contributed by atoms with Crippen molar-refractivity contribution in [2.45, 2.75) is 0 Å². The lowest BCUT2D eigenvalue weighted by Gasteiger charge is -2.07. The van der Waals surface area contributed by atoms with Gasteiger partial charge in [0.25, 0.3) is 0 Å². The first-order valence-corrected chi connectivity index (χ1v) is 5.70. The molecule has 5 heteroatoms. The van der Waals surface area contributed by atoms with Crippen LogP contribution in [0.2, 0.25) is 0 Å².